The monoisotopic (exact) mass is 312 g/mol. The maximum absolute atomic E-state index is 4.74. The molecule has 0 atom stereocenters. The number of hydrogen-bond donors (Lipinski definition) is 0. The molecule has 0 aliphatic rings. The lowest BCUT2D eigenvalue weighted by molar-refractivity contribution is 1.14. The molecule has 0 unspecified atom stereocenters. The van der Waals surface area contributed by atoms with E-state index in [-0.39, 0.29) is 0 Å². The molecule has 4 rings (SSSR count). The number of aromatic nitrogens is 6. The Balaban J connectivity index is 1.92. The van der Waals surface area contributed by atoms with Crippen molar-refractivity contribution >= 4 is 0 Å². The van der Waals surface area contributed by atoms with Crippen LogP contribution >= 0.6 is 0 Å². The van der Waals surface area contributed by atoms with Crippen LogP contribution in [0.1, 0.15) is 0 Å². The van der Waals surface area contributed by atoms with Crippen molar-refractivity contribution in [3.63, 3.8) is 0 Å². The average molecular weight is 312 g/mol. The summed E-state index contributed by atoms with van der Waals surface area (Å²) in [5.41, 5.74) is 4.13. The summed E-state index contributed by atoms with van der Waals surface area (Å²) in [5.74, 6) is 0.613. The summed E-state index contributed by atoms with van der Waals surface area (Å²) < 4.78 is 0. The van der Waals surface area contributed by atoms with Crippen molar-refractivity contribution in [2.75, 3.05) is 0 Å². The molecule has 4 aromatic rings. The Morgan fingerprint density at radius 3 is 2.25 bits per heavy atom. The second kappa shape index (κ2) is 6.29. The minimum Gasteiger partial charge on any atom is -0.265 e. The third-order valence-corrected chi connectivity index (χ3v) is 3.50. The zero-order valence-corrected chi connectivity index (χ0v) is 12.6. The van der Waals surface area contributed by atoms with Crippen LogP contribution in [0.25, 0.3) is 33.9 Å². The number of pyridine rings is 2. The van der Waals surface area contributed by atoms with Crippen molar-refractivity contribution in [1.82, 2.24) is 29.9 Å². The number of hydrogen-bond acceptors (Lipinski definition) is 6. The topological polar surface area (TPSA) is 77.3 Å². The van der Waals surface area contributed by atoms with Crippen LogP contribution in [0.3, 0.4) is 0 Å². The van der Waals surface area contributed by atoms with E-state index in [1.165, 1.54) is 0 Å². The van der Waals surface area contributed by atoms with E-state index < -0.39 is 0 Å². The molecular formula is C18H12N6. The molecular weight excluding hydrogens is 300 g/mol. The van der Waals surface area contributed by atoms with Gasteiger partial charge in [0.25, 0.3) is 0 Å². The van der Waals surface area contributed by atoms with Crippen LogP contribution in [0.4, 0.5) is 0 Å². The van der Waals surface area contributed by atoms with Gasteiger partial charge in [0, 0.05) is 60.1 Å². The molecule has 0 aliphatic carbocycles. The minimum absolute atomic E-state index is 0.613. The lowest BCUT2D eigenvalue weighted by Gasteiger charge is -2.09. The van der Waals surface area contributed by atoms with Gasteiger partial charge in [-0.25, -0.2) is 9.97 Å². The van der Waals surface area contributed by atoms with Gasteiger partial charge in [0.05, 0.1) is 17.6 Å². The Morgan fingerprint density at radius 1 is 0.625 bits per heavy atom. The van der Waals surface area contributed by atoms with Crippen LogP contribution in [0, 0.1) is 0 Å². The van der Waals surface area contributed by atoms with Crippen molar-refractivity contribution in [3.05, 3.63) is 73.8 Å². The van der Waals surface area contributed by atoms with E-state index in [0.717, 1.165) is 28.1 Å². The van der Waals surface area contributed by atoms with Gasteiger partial charge in [0.1, 0.15) is 0 Å². The average Bonchev–Trinajstić information content (AvgIpc) is 2.69. The lowest BCUT2D eigenvalue weighted by Crippen LogP contribution is -1.97. The van der Waals surface area contributed by atoms with Crippen molar-refractivity contribution in [3.8, 4) is 33.9 Å². The van der Waals surface area contributed by atoms with E-state index in [1.54, 1.807) is 49.6 Å². The Morgan fingerprint density at radius 2 is 1.50 bits per heavy atom. The van der Waals surface area contributed by atoms with Gasteiger partial charge in [0.2, 0.25) is 0 Å². The van der Waals surface area contributed by atoms with Gasteiger partial charge in [-0.3, -0.25) is 19.9 Å². The van der Waals surface area contributed by atoms with Gasteiger partial charge in [-0.05, 0) is 24.3 Å². The second-order valence-corrected chi connectivity index (χ2v) is 5.02. The SMILES string of the molecule is c1cncc(-c2ncc(-c3cnccn3)c(-c3ccncc3)n2)c1. The van der Waals surface area contributed by atoms with E-state index in [1.807, 2.05) is 24.3 Å². The molecule has 114 valence electrons. The van der Waals surface area contributed by atoms with Crippen LogP contribution in [0.5, 0.6) is 0 Å². The van der Waals surface area contributed by atoms with E-state index in [4.69, 9.17) is 4.98 Å². The van der Waals surface area contributed by atoms with E-state index in [2.05, 4.69) is 24.9 Å². The maximum Gasteiger partial charge on any atom is 0.161 e. The van der Waals surface area contributed by atoms with Gasteiger partial charge in [0.15, 0.2) is 5.82 Å². The third kappa shape index (κ3) is 2.72. The predicted molar refractivity (Wildman–Crippen MR) is 89.5 cm³/mol. The molecule has 0 fully saturated rings. The normalized spacial score (nSPS) is 10.5. The molecule has 0 saturated heterocycles. The van der Waals surface area contributed by atoms with Gasteiger partial charge in [-0.15, -0.1) is 0 Å². The van der Waals surface area contributed by atoms with Crippen LogP contribution in [0.15, 0.2) is 73.8 Å². The molecule has 0 radical (unpaired) electrons. The van der Waals surface area contributed by atoms with Crippen molar-refractivity contribution in [2.45, 2.75) is 0 Å². The highest BCUT2D eigenvalue weighted by molar-refractivity contribution is 5.79. The molecule has 0 N–H and O–H groups in total. The molecule has 0 bridgehead atoms. The quantitative estimate of drug-likeness (QED) is 0.578. The summed E-state index contributed by atoms with van der Waals surface area (Å²) in [6.45, 7) is 0. The first-order valence-corrected chi connectivity index (χ1v) is 7.36. The molecule has 0 spiro atoms. The second-order valence-electron chi connectivity index (χ2n) is 5.02. The Kier molecular flexibility index (Phi) is 3.69. The summed E-state index contributed by atoms with van der Waals surface area (Å²) in [4.78, 5) is 25.9. The molecule has 6 heteroatoms. The van der Waals surface area contributed by atoms with Crippen LogP contribution in [0.2, 0.25) is 0 Å². The maximum atomic E-state index is 4.74. The van der Waals surface area contributed by atoms with Gasteiger partial charge >= 0.3 is 0 Å². The molecule has 6 nitrogen and oxygen atoms in total. The van der Waals surface area contributed by atoms with Gasteiger partial charge in [-0.2, -0.15) is 0 Å². The summed E-state index contributed by atoms with van der Waals surface area (Å²) in [7, 11) is 0. The summed E-state index contributed by atoms with van der Waals surface area (Å²) in [6.07, 6.45) is 13.7. The van der Waals surface area contributed by atoms with E-state index >= 15 is 0 Å². The third-order valence-electron chi connectivity index (χ3n) is 3.50. The molecule has 4 aromatic heterocycles. The van der Waals surface area contributed by atoms with Crippen LogP contribution < -0.4 is 0 Å². The Bertz CT molecular complexity index is 943. The van der Waals surface area contributed by atoms with Crippen LogP contribution in [-0.2, 0) is 0 Å². The minimum atomic E-state index is 0.613. The molecule has 4 heterocycles. The first-order chi connectivity index (χ1) is 11.9. The van der Waals surface area contributed by atoms with Gasteiger partial charge in [-0.1, -0.05) is 0 Å². The summed E-state index contributed by atoms with van der Waals surface area (Å²) >= 11 is 0. The Hall–Kier alpha value is -3.54. The smallest absolute Gasteiger partial charge is 0.161 e. The van der Waals surface area contributed by atoms with Crippen molar-refractivity contribution in [1.29, 1.82) is 0 Å². The van der Waals surface area contributed by atoms with Crippen molar-refractivity contribution < 1.29 is 0 Å². The first-order valence-electron chi connectivity index (χ1n) is 7.36. The Labute approximate surface area is 138 Å². The van der Waals surface area contributed by atoms with Gasteiger partial charge < -0.3 is 0 Å². The summed E-state index contributed by atoms with van der Waals surface area (Å²) in [6, 6.07) is 7.62. The molecule has 0 saturated carbocycles. The highest BCUT2D eigenvalue weighted by atomic mass is 14.9. The predicted octanol–water partition coefficient (Wildman–Crippen LogP) is 3.06. The number of rotatable bonds is 3. The summed E-state index contributed by atoms with van der Waals surface area (Å²) in [5, 5.41) is 0. The molecule has 0 aliphatic heterocycles. The molecule has 0 amide bonds. The number of nitrogens with zero attached hydrogens (tertiary/aromatic N) is 6. The highest BCUT2D eigenvalue weighted by Gasteiger charge is 2.13. The van der Waals surface area contributed by atoms with E-state index in [0.29, 0.717) is 5.82 Å². The fourth-order valence-electron chi connectivity index (χ4n) is 2.37. The fraction of sp³-hybridized carbons (Fsp3) is 0. The van der Waals surface area contributed by atoms with E-state index in [9.17, 15) is 0 Å². The molecule has 24 heavy (non-hydrogen) atoms. The highest BCUT2D eigenvalue weighted by Crippen LogP contribution is 2.29. The zero-order chi connectivity index (χ0) is 16.2. The first kappa shape index (κ1) is 14.1. The zero-order valence-electron chi connectivity index (χ0n) is 12.6. The molecule has 0 aromatic carbocycles. The lowest BCUT2D eigenvalue weighted by atomic mass is 10.1. The largest absolute Gasteiger partial charge is 0.265 e. The fourth-order valence-corrected chi connectivity index (χ4v) is 2.37. The standard InChI is InChI=1S/C18H12N6/c1-2-14(10-20-5-1)18-23-11-15(16-12-21-8-9-22-16)17(24-18)13-3-6-19-7-4-13/h1-12H. The van der Waals surface area contributed by atoms with Crippen molar-refractivity contribution in [2.24, 2.45) is 0 Å². The van der Waals surface area contributed by atoms with Crippen LogP contribution in [-0.4, -0.2) is 29.9 Å².